The lowest BCUT2D eigenvalue weighted by atomic mass is 10.2. The van der Waals surface area contributed by atoms with E-state index in [9.17, 15) is 4.79 Å². The number of nitrogens with zero attached hydrogens (tertiary/aromatic N) is 1. The molecule has 1 N–H and O–H groups in total. The van der Waals surface area contributed by atoms with Gasteiger partial charge in [0.15, 0.2) is 0 Å². The molecule has 82 valence electrons. The zero-order valence-corrected chi connectivity index (χ0v) is 9.90. The number of carbonyl (C=O) groups is 1. The number of nitrogens with one attached hydrogen (secondary N) is 1. The van der Waals surface area contributed by atoms with Crippen LogP contribution in [0.5, 0.6) is 0 Å². The molecule has 1 saturated heterocycles. The summed E-state index contributed by atoms with van der Waals surface area (Å²) in [5.74, 6) is 2.31. The van der Waals surface area contributed by atoms with E-state index >= 15 is 0 Å². The van der Waals surface area contributed by atoms with Gasteiger partial charge in [-0.1, -0.05) is 13.3 Å². The van der Waals surface area contributed by atoms with Crippen molar-refractivity contribution in [1.82, 2.24) is 10.2 Å². The summed E-state index contributed by atoms with van der Waals surface area (Å²) in [6.45, 7) is 3.99. The van der Waals surface area contributed by atoms with Crippen LogP contribution in [0.15, 0.2) is 0 Å². The predicted octanol–water partition coefficient (Wildman–Crippen LogP) is 0.950. The number of thioether (sulfide) groups is 1. The van der Waals surface area contributed by atoms with Crippen LogP contribution in [-0.2, 0) is 4.79 Å². The van der Waals surface area contributed by atoms with E-state index in [1.54, 1.807) is 0 Å². The summed E-state index contributed by atoms with van der Waals surface area (Å²) >= 11 is 1.86. The van der Waals surface area contributed by atoms with Crippen molar-refractivity contribution in [3.8, 4) is 0 Å². The number of hydrogen-bond acceptors (Lipinski definition) is 3. The minimum atomic E-state index is 0.0515. The molecule has 1 rings (SSSR count). The molecular weight excluding hydrogens is 196 g/mol. The van der Waals surface area contributed by atoms with Gasteiger partial charge in [0.25, 0.3) is 0 Å². The van der Waals surface area contributed by atoms with Crippen molar-refractivity contribution >= 4 is 17.7 Å². The molecule has 0 spiro atoms. The summed E-state index contributed by atoms with van der Waals surface area (Å²) in [5.41, 5.74) is 0. The van der Waals surface area contributed by atoms with Crippen molar-refractivity contribution in [2.45, 2.75) is 25.8 Å². The summed E-state index contributed by atoms with van der Waals surface area (Å²) in [7, 11) is 1.90. The number of hydrogen-bond donors (Lipinski definition) is 1. The number of rotatable bonds is 4. The first-order valence-corrected chi connectivity index (χ1v) is 6.47. The average molecular weight is 216 g/mol. The van der Waals surface area contributed by atoms with Crippen molar-refractivity contribution < 1.29 is 4.79 Å². The predicted molar refractivity (Wildman–Crippen MR) is 61.7 cm³/mol. The van der Waals surface area contributed by atoms with E-state index in [4.69, 9.17) is 0 Å². The molecule has 1 amide bonds. The Balaban J connectivity index is 2.30. The molecule has 0 aromatic rings. The quantitative estimate of drug-likeness (QED) is 0.759. The third kappa shape index (κ3) is 3.50. The van der Waals surface area contributed by atoms with Crippen molar-refractivity contribution in [3.63, 3.8) is 0 Å². The Labute approximate surface area is 90.6 Å². The van der Waals surface area contributed by atoms with Crippen molar-refractivity contribution in [2.75, 3.05) is 31.6 Å². The molecule has 0 radical (unpaired) electrons. The first-order chi connectivity index (χ1) is 6.75. The molecule has 0 aromatic carbocycles. The van der Waals surface area contributed by atoms with Crippen molar-refractivity contribution in [1.29, 1.82) is 0 Å². The molecule has 0 aliphatic carbocycles. The second-order valence-corrected chi connectivity index (χ2v) is 4.84. The average Bonchev–Trinajstić information content (AvgIpc) is 2.26. The Kier molecular flexibility index (Phi) is 5.33. The lowest BCUT2D eigenvalue weighted by molar-refractivity contribution is -0.131. The fourth-order valence-corrected chi connectivity index (χ4v) is 2.42. The first kappa shape index (κ1) is 11.9. The topological polar surface area (TPSA) is 32.3 Å². The van der Waals surface area contributed by atoms with Crippen LogP contribution >= 0.6 is 11.8 Å². The largest absolute Gasteiger partial charge is 0.344 e. The summed E-state index contributed by atoms with van der Waals surface area (Å²) in [6, 6.07) is 0.0515. The fourth-order valence-electron chi connectivity index (χ4n) is 1.50. The van der Waals surface area contributed by atoms with Gasteiger partial charge in [0.05, 0.1) is 6.04 Å². The maximum atomic E-state index is 11.9. The van der Waals surface area contributed by atoms with Crippen molar-refractivity contribution in [2.24, 2.45) is 0 Å². The smallest absolute Gasteiger partial charge is 0.240 e. The van der Waals surface area contributed by atoms with Gasteiger partial charge in [-0.25, -0.2) is 0 Å². The summed E-state index contributed by atoms with van der Waals surface area (Å²) in [6.07, 6.45) is 2.24. The maximum absolute atomic E-state index is 11.9. The van der Waals surface area contributed by atoms with Gasteiger partial charge in [-0.15, -0.1) is 0 Å². The van der Waals surface area contributed by atoms with Gasteiger partial charge in [0, 0.05) is 31.6 Å². The second kappa shape index (κ2) is 6.30. The van der Waals surface area contributed by atoms with Crippen molar-refractivity contribution in [3.05, 3.63) is 0 Å². The van der Waals surface area contributed by atoms with E-state index in [1.165, 1.54) is 0 Å². The summed E-state index contributed by atoms with van der Waals surface area (Å²) in [5, 5.41) is 3.26. The van der Waals surface area contributed by atoms with Crippen LogP contribution in [-0.4, -0.2) is 48.5 Å². The lowest BCUT2D eigenvalue weighted by Gasteiger charge is -2.27. The Hall–Kier alpha value is -0.220. The van der Waals surface area contributed by atoms with Crippen LogP contribution in [0.25, 0.3) is 0 Å². The minimum absolute atomic E-state index is 0.0515. The lowest BCUT2D eigenvalue weighted by Crippen LogP contribution is -2.49. The van der Waals surface area contributed by atoms with Crippen LogP contribution < -0.4 is 5.32 Å². The molecule has 1 heterocycles. The molecule has 4 heteroatoms. The Morgan fingerprint density at radius 2 is 2.43 bits per heavy atom. The molecule has 0 saturated carbocycles. The third-order valence-corrected chi connectivity index (χ3v) is 3.50. The highest BCUT2D eigenvalue weighted by molar-refractivity contribution is 7.99. The number of amides is 1. The highest BCUT2D eigenvalue weighted by Crippen LogP contribution is 2.09. The molecular formula is C10H20N2OS. The van der Waals surface area contributed by atoms with Gasteiger partial charge >= 0.3 is 0 Å². The molecule has 1 aliphatic rings. The molecule has 0 aromatic heterocycles. The monoisotopic (exact) mass is 216 g/mol. The molecule has 3 nitrogen and oxygen atoms in total. The van der Waals surface area contributed by atoms with Gasteiger partial charge in [-0.2, -0.15) is 11.8 Å². The zero-order chi connectivity index (χ0) is 10.4. The van der Waals surface area contributed by atoms with E-state index in [2.05, 4.69) is 12.2 Å². The minimum Gasteiger partial charge on any atom is -0.344 e. The Bertz CT molecular complexity index is 181. The fraction of sp³-hybridized carbons (Fsp3) is 0.900. The van der Waals surface area contributed by atoms with Crippen LogP contribution in [0, 0.1) is 0 Å². The SMILES string of the molecule is CCCCN(C)C(=O)C1CSCCN1. The normalized spacial score (nSPS) is 22.0. The van der Waals surface area contributed by atoms with E-state index in [0.717, 1.165) is 37.4 Å². The van der Waals surface area contributed by atoms with E-state index < -0.39 is 0 Å². The maximum Gasteiger partial charge on any atom is 0.240 e. The molecule has 1 unspecified atom stereocenters. The molecule has 1 aliphatic heterocycles. The number of carbonyl (C=O) groups excluding carboxylic acids is 1. The van der Waals surface area contributed by atoms with Crippen LogP contribution in [0.1, 0.15) is 19.8 Å². The van der Waals surface area contributed by atoms with E-state index in [-0.39, 0.29) is 11.9 Å². The van der Waals surface area contributed by atoms with Gasteiger partial charge in [0.1, 0.15) is 0 Å². The third-order valence-electron chi connectivity index (χ3n) is 2.44. The molecule has 1 atom stereocenters. The van der Waals surface area contributed by atoms with Crippen LogP contribution in [0.3, 0.4) is 0 Å². The second-order valence-electron chi connectivity index (χ2n) is 3.69. The van der Waals surface area contributed by atoms with Crippen LogP contribution in [0.4, 0.5) is 0 Å². The molecule has 0 bridgehead atoms. The first-order valence-electron chi connectivity index (χ1n) is 5.31. The number of unbranched alkanes of at least 4 members (excludes halogenated alkanes) is 1. The Morgan fingerprint density at radius 3 is 3.00 bits per heavy atom. The van der Waals surface area contributed by atoms with E-state index in [1.807, 2.05) is 23.7 Å². The Morgan fingerprint density at radius 1 is 1.64 bits per heavy atom. The number of likely N-dealkylation sites (N-methyl/N-ethyl adjacent to an activating group) is 1. The standard InChI is InChI=1S/C10H20N2OS/c1-3-4-6-12(2)10(13)9-8-14-7-5-11-9/h9,11H,3-8H2,1-2H3. The van der Waals surface area contributed by atoms with Gasteiger partial charge in [-0.05, 0) is 6.42 Å². The summed E-state index contributed by atoms with van der Waals surface area (Å²) in [4.78, 5) is 13.7. The molecule has 1 fully saturated rings. The van der Waals surface area contributed by atoms with Gasteiger partial charge in [0.2, 0.25) is 5.91 Å². The van der Waals surface area contributed by atoms with Gasteiger partial charge in [-0.3, -0.25) is 4.79 Å². The molecule has 14 heavy (non-hydrogen) atoms. The highest BCUT2D eigenvalue weighted by atomic mass is 32.2. The zero-order valence-electron chi connectivity index (χ0n) is 9.08. The van der Waals surface area contributed by atoms with Gasteiger partial charge < -0.3 is 10.2 Å². The highest BCUT2D eigenvalue weighted by Gasteiger charge is 2.23. The summed E-state index contributed by atoms with van der Waals surface area (Å²) < 4.78 is 0. The van der Waals surface area contributed by atoms with Crippen LogP contribution in [0.2, 0.25) is 0 Å². The van der Waals surface area contributed by atoms with E-state index in [0.29, 0.717) is 0 Å².